The molecule has 0 saturated heterocycles. The molecule has 0 unspecified atom stereocenters. The SMILES string of the molecule is CCn1cc(C2=C(c3cn(Cc4ccccc4)c4cccc(Br)c34)C(=O)NC2=O)c2ccccc21. The van der Waals surface area contributed by atoms with E-state index >= 15 is 0 Å². The van der Waals surface area contributed by atoms with Crippen molar-refractivity contribution in [2.24, 2.45) is 0 Å². The highest BCUT2D eigenvalue weighted by Gasteiger charge is 2.35. The van der Waals surface area contributed by atoms with Crippen LogP contribution in [0, 0.1) is 0 Å². The highest BCUT2D eigenvalue weighted by Crippen LogP contribution is 2.41. The van der Waals surface area contributed by atoms with Gasteiger partial charge in [-0.15, -0.1) is 0 Å². The summed E-state index contributed by atoms with van der Waals surface area (Å²) in [6.07, 6.45) is 3.98. The highest BCUT2D eigenvalue weighted by atomic mass is 79.9. The van der Waals surface area contributed by atoms with Crippen LogP contribution in [0.2, 0.25) is 0 Å². The van der Waals surface area contributed by atoms with Crippen molar-refractivity contribution in [3.8, 4) is 0 Å². The minimum absolute atomic E-state index is 0.361. The Bertz CT molecular complexity index is 1670. The van der Waals surface area contributed by atoms with E-state index < -0.39 is 0 Å². The Morgan fingerprint density at radius 3 is 2.17 bits per heavy atom. The number of imide groups is 1. The van der Waals surface area contributed by atoms with Crippen LogP contribution in [0.15, 0.2) is 89.7 Å². The first-order chi connectivity index (χ1) is 17.1. The van der Waals surface area contributed by atoms with Crippen LogP contribution >= 0.6 is 15.9 Å². The molecule has 0 aliphatic carbocycles. The monoisotopic (exact) mass is 523 g/mol. The van der Waals surface area contributed by atoms with E-state index in [0.29, 0.717) is 17.7 Å². The molecule has 6 heteroatoms. The summed E-state index contributed by atoms with van der Waals surface area (Å²) >= 11 is 3.70. The van der Waals surface area contributed by atoms with Gasteiger partial charge in [-0.05, 0) is 30.7 Å². The average Bonchev–Trinajstić information content (AvgIpc) is 3.51. The molecule has 5 nitrogen and oxygen atoms in total. The van der Waals surface area contributed by atoms with Gasteiger partial charge in [0.1, 0.15) is 0 Å². The lowest BCUT2D eigenvalue weighted by Gasteiger charge is -2.05. The number of halogens is 1. The van der Waals surface area contributed by atoms with E-state index in [1.807, 2.05) is 73.1 Å². The molecule has 1 aliphatic rings. The molecule has 2 amide bonds. The Labute approximate surface area is 210 Å². The molecule has 1 N–H and O–H groups in total. The summed E-state index contributed by atoms with van der Waals surface area (Å²) in [5.41, 5.74) is 5.55. The van der Waals surface area contributed by atoms with E-state index in [1.165, 1.54) is 0 Å². The summed E-state index contributed by atoms with van der Waals surface area (Å²) in [5, 5.41) is 4.44. The van der Waals surface area contributed by atoms with Crippen LogP contribution in [0.25, 0.3) is 33.0 Å². The third kappa shape index (κ3) is 3.44. The maximum atomic E-state index is 13.3. The van der Waals surface area contributed by atoms with Crippen molar-refractivity contribution in [2.75, 3.05) is 0 Å². The van der Waals surface area contributed by atoms with Gasteiger partial charge in [-0.3, -0.25) is 14.9 Å². The van der Waals surface area contributed by atoms with Crippen molar-refractivity contribution in [3.63, 3.8) is 0 Å². The Hall–Kier alpha value is -3.90. The van der Waals surface area contributed by atoms with Gasteiger partial charge in [-0.25, -0.2) is 0 Å². The predicted octanol–water partition coefficient (Wildman–Crippen LogP) is 5.99. The van der Waals surface area contributed by atoms with Gasteiger partial charge in [0.15, 0.2) is 0 Å². The minimum atomic E-state index is -0.368. The quantitative estimate of drug-likeness (QED) is 0.287. The largest absolute Gasteiger partial charge is 0.347 e. The number of aryl methyl sites for hydroxylation is 1. The van der Waals surface area contributed by atoms with Crippen LogP contribution in [-0.2, 0) is 22.7 Å². The van der Waals surface area contributed by atoms with Crippen molar-refractivity contribution >= 4 is 60.7 Å². The van der Waals surface area contributed by atoms with E-state index in [-0.39, 0.29) is 11.8 Å². The van der Waals surface area contributed by atoms with Crippen LogP contribution < -0.4 is 5.32 Å². The minimum Gasteiger partial charge on any atom is -0.347 e. The van der Waals surface area contributed by atoms with Gasteiger partial charge in [-0.2, -0.15) is 0 Å². The molecule has 0 bridgehead atoms. The fourth-order valence-electron chi connectivity index (χ4n) is 5.09. The van der Waals surface area contributed by atoms with E-state index in [4.69, 9.17) is 0 Å². The molecule has 3 aromatic carbocycles. The Kier molecular flexibility index (Phi) is 5.19. The zero-order chi connectivity index (χ0) is 24.1. The first-order valence-electron chi connectivity index (χ1n) is 11.6. The van der Waals surface area contributed by atoms with Gasteiger partial charge in [0, 0.05) is 57.4 Å². The highest BCUT2D eigenvalue weighted by molar-refractivity contribution is 9.10. The van der Waals surface area contributed by atoms with Crippen LogP contribution in [0.1, 0.15) is 23.6 Å². The number of nitrogens with one attached hydrogen (secondary N) is 1. The standard InChI is InChI=1S/C29H22BrN3O2/c1-2-32-16-20(19-11-6-7-13-23(19)32)26-27(29(35)31-28(26)34)21-17-33(15-18-9-4-3-5-10-18)24-14-8-12-22(30)25(21)24/h3-14,16-17H,2,15H2,1H3,(H,31,34,35). The molecule has 2 aromatic heterocycles. The second-order valence-electron chi connectivity index (χ2n) is 8.67. The zero-order valence-electron chi connectivity index (χ0n) is 19.1. The summed E-state index contributed by atoms with van der Waals surface area (Å²) in [4.78, 5) is 26.5. The number of carbonyl (C=O) groups excluding carboxylic acids is 2. The number of para-hydroxylation sites is 1. The maximum Gasteiger partial charge on any atom is 0.259 e. The summed E-state index contributed by atoms with van der Waals surface area (Å²) in [6.45, 7) is 3.49. The van der Waals surface area contributed by atoms with Gasteiger partial charge in [0.05, 0.1) is 16.7 Å². The Morgan fingerprint density at radius 2 is 1.40 bits per heavy atom. The predicted molar refractivity (Wildman–Crippen MR) is 143 cm³/mol. The smallest absolute Gasteiger partial charge is 0.259 e. The van der Waals surface area contributed by atoms with Gasteiger partial charge in [0.25, 0.3) is 11.8 Å². The number of fused-ring (bicyclic) bond motifs is 2. The molecule has 0 spiro atoms. The fourth-order valence-corrected chi connectivity index (χ4v) is 5.66. The zero-order valence-corrected chi connectivity index (χ0v) is 20.7. The van der Waals surface area contributed by atoms with E-state index in [0.717, 1.165) is 49.5 Å². The number of rotatable bonds is 5. The van der Waals surface area contributed by atoms with Crippen molar-refractivity contribution in [1.29, 1.82) is 0 Å². The summed E-state index contributed by atoms with van der Waals surface area (Å²) in [7, 11) is 0. The normalized spacial score (nSPS) is 13.9. The number of nitrogens with zero attached hydrogens (tertiary/aromatic N) is 2. The van der Waals surface area contributed by atoms with Crippen LogP contribution in [0.3, 0.4) is 0 Å². The first-order valence-corrected chi connectivity index (χ1v) is 12.4. The summed E-state index contributed by atoms with van der Waals surface area (Å²) in [6, 6.07) is 24.2. The second-order valence-corrected chi connectivity index (χ2v) is 9.52. The third-order valence-corrected chi connectivity index (χ3v) is 7.31. The van der Waals surface area contributed by atoms with Crippen molar-refractivity contribution in [1.82, 2.24) is 14.5 Å². The van der Waals surface area contributed by atoms with Crippen LogP contribution in [0.5, 0.6) is 0 Å². The maximum absolute atomic E-state index is 13.3. The lowest BCUT2D eigenvalue weighted by molar-refractivity contribution is -0.122. The van der Waals surface area contributed by atoms with Gasteiger partial charge in [0.2, 0.25) is 0 Å². The van der Waals surface area contributed by atoms with Crippen LogP contribution in [0.4, 0.5) is 0 Å². The van der Waals surface area contributed by atoms with Gasteiger partial charge >= 0.3 is 0 Å². The molecular weight excluding hydrogens is 502 g/mol. The molecule has 0 fully saturated rings. The number of benzene rings is 3. The fraction of sp³-hybridized carbons (Fsp3) is 0.103. The molecule has 0 radical (unpaired) electrons. The summed E-state index contributed by atoms with van der Waals surface area (Å²) in [5.74, 6) is -0.729. The summed E-state index contributed by atoms with van der Waals surface area (Å²) < 4.78 is 5.13. The number of hydrogen-bond acceptors (Lipinski definition) is 2. The van der Waals surface area contributed by atoms with Gasteiger partial charge < -0.3 is 9.13 Å². The molecular formula is C29H22BrN3O2. The molecule has 3 heterocycles. The van der Waals surface area contributed by atoms with Crippen molar-refractivity contribution in [2.45, 2.75) is 20.0 Å². The topological polar surface area (TPSA) is 56.0 Å². The number of carbonyl (C=O) groups is 2. The molecule has 0 atom stereocenters. The second kappa shape index (κ2) is 8.40. The van der Waals surface area contributed by atoms with Crippen molar-refractivity contribution in [3.05, 3.63) is 106 Å². The lowest BCUT2D eigenvalue weighted by atomic mass is 9.95. The first kappa shape index (κ1) is 21.6. The molecule has 0 saturated carbocycles. The third-order valence-electron chi connectivity index (χ3n) is 6.65. The molecule has 35 heavy (non-hydrogen) atoms. The molecule has 1 aliphatic heterocycles. The van der Waals surface area contributed by atoms with E-state index in [1.54, 1.807) is 0 Å². The van der Waals surface area contributed by atoms with Gasteiger partial charge in [-0.1, -0.05) is 70.5 Å². The lowest BCUT2D eigenvalue weighted by Crippen LogP contribution is -2.22. The molecule has 172 valence electrons. The molecule has 5 aromatic rings. The number of aromatic nitrogens is 2. The Morgan fingerprint density at radius 1 is 0.743 bits per heavy atom. The van der Waals surface area contributed by atoms with E-state index in [2.05, 4.69) is 49.4 Å². The molecule has 6 rings (SSSR count). The van der Waals surface area contributed by atoms with Crippen LogP contribution in [-0.4, -0.2) is 20.9 Å². The Balaban J connectivity index is 1.64. The van der Waals surface area contributed by atoms with E-state index in [9.17, 15) is 9.59 Å². The number of hydrogen-bond donors (Lipinski definition) is 1. The average molecular weight is 524 g/mol. The number of amides is 2. The van der Waals surface area contributed by atoms with Crippen molar-refractivity contribution < 1.29 is 9.59 Å².